The van der Waals surface area contributed by atoms with Crippen LogP contribution in [0.5, 0.6) is 11.5 Å². The normalized spacial score (nSPS) is 13.9. The molecular formula is C50H32BN5OSSi. The summed E-state index contributed by atoms with van der Waals surface area (Å²) in [6.07, 6.45) is 6.90. The van der Waals surface area contributed by atoms with Gasteiger partial charge in [-0.05, 0) is 80.2 Å². The van der Waals surface area contributed by atoms with Gasteiger partial charge >= 0.3 is 0 Å². The van der Waals surface area contributed by atoms with E-state index in [-0.39, 0.29) is 6.71 Å². The summed E-state index contributed by atoms with van der Waals surface area (Å²) in [4.78, 5) is 23.0. The van der Waals surface area contributed by atoms with Crippen LogP contribution in [0.3, 0.4) is 0 Å². The fraction of sp³-hybridized carbons (Fsp3) is 0. The summed E-state index contributed by atoms with van der Waals surface area (Å²) >= 11 is 1.84. The summed E-state index contributed by atoms with van der Waals surface area (Å²) in [5.74, 6) is 1.82. The fourth-order valence-corrected chi connectivity index (χ4v) is 16.0. The number of anilines is 3. The third-order valence-corrected chi connectivity index (χ3v) is 18.0. The molecule has 0 saturated heterocycles. The third-order valence-electron chi connectivity index (χ3n) is 12.0. The molecule has 0 N–H and O–H groups in total. The van der Waals surface area contributed by atoms with E-state index < -0.39 is 8.07 Å². The first-order valence-corrected chi connectivity index (χ1v) is 22.5. The lowest BCUT2D eigenvalue weighted by molar-refractivity contribution is 0.486. The van der Waals surface area contributed by atoms with Crippen molar-refractivity contribution in [3.63, 3.8) is 0 Å². The number of hydrogen-bond donors (Lipinski definition) is 0. The Morgan fingerprint density at radius 3 is 1.68 bits per heavy atom. The average Bonchev–Trinajstić information content (AvgIpc) is 3.32. The van der Waals surface area contributed by atoms with Gasteiger partial charge in [0.25, 0.3) is 6.71 Å². The second-order valence-corrected chi connectivity index (χ2v) is 19.8. The Morgan fingerprint density at radius 2 is 1.07 bits per heavy atom. The highest BCUT2D eigenvalue weighted by Crippen LogP contribution is 2.48. The fourth-order valence-electron chi connectivity index (χ4n) is 9.55. The quantitative estimate of drug-likeness (QED) is 0.177. The molecule has 59 heavy (non-hydrogen) atoms. The maximum Gasteiger partial charge on any atom is 0.253 e. The molecule has 9 aromatic rings. The van der Waals surface area contributed by atoms with Crippen molar-refractivity contribution in [1.29, 1.82) is 0 Å². The van der Waals surface area contributed by atoms with Gasteiger partial charge in [-0.2, -0.15) is 0 Å². The Bertz CT molecular complexity index is 2940. The first-order valence-electron chi connectivity index (χ1n) is 19.7. The highest BCUT2D eigenvalue weighted by molar-refractivity contribution is 8.00. The van der Waals surface area contributed by atoms with Crippen molar-refractivity contribution < 1.29 is 4.74 Å². The third kappa shape index (κ3) is 5.15. The molecule has 0 unspecified atom stereocenters. The van der Waals surface area contributed by atoms with Crippen LogP contribution in [-0.2, 0) is 0 Å². The Labute approximate surface area is 347 Å². The van der Waals surface area contributed by atoms with Gasteiger partial charge in [0.15, 0.2) is 8.07 Å². The van der Waals surface area contributed by atoms with Gasteiger partial charge in [0.05, 0.1) is 17.1 Å². The van der Waals surface area contributed by atoms with E-state index in [2.05, 4.69) is 173 Å². The highest BCUT2D eigenvalue weighted by atomic mass is 32.2. The van der Waals surface area contributed by atoms with E-state index in [1.807, 2.05) is 36.3 Å². The first-order chi connectivity index (χ1) is 29.3. The molecule has 0 spiro atoms. The van der Waals surface area contributed by atoms with E-state index in [1.165, 1.54) is 46.9 Å². The van der Waals surface area contributed by atoms with Crippen LogP contribution in [0.25, 0.3) is 22.5 Å². The Balaban J connectivity index is 1.20. The predicted octanol–water partition coefficient (Wildman–Crippen LogP) is 6.85. The zero-order valence-electron chi connectivity index (χ0n) is 31.6. The van der Waals surface area contributed by atoms with Crippen LogP contribution in [0.15, 0.2) is 205 Å². The number of hydrogen-bond acceptors (Lipinski definition) is 7. The maximum absolute atomic E-state index is 6.75. The summed E-state index contributed by atoms with van der Waals surface area (Å²) in [5.41, 5.74) is 11.0. The van der Waals surface area contributed by atoms with Crippen molar-refractivity contribution in [3.05, 3.63) is 195 Å². The molecule has 3 aliphatic rings. The minimum Gasteiger partial charge on any atom is -0.458 e. The van der Waals surface area contributed by atoms with Gasteiger partial charge in [-0.1, -0.05) is 139 Å². The molecule has 2 aromatic heterocycles. The minimum absolute atomic E-state index is 0.0356. The number of nitrogens with zero attached hydrogens (tertiary/aromatic N) is 5. The molecular weight excluding hydrogens is 758 g/mol. The predicted molar refractivity (Wildman–Crippen MR) is 242 cm³/mol. The van der Waals surface area contributed by atoms with Crippen LogP contribution in [0.4, 0.5) is 17.1 Å². The topological polar surface area (TPSA) is 64.0 Å². The number of ether oxygens (including phenoxy) is 1. The van der Waals surface area contributed by atoms with Gasteiger partial charge in [0.2, 0.25) is 0 Å². The summed E-state index contributed by atoms with van der Waals surface area (Å²) in [5, 5.41) is 5.16. The minimum atomic E-state index is -3.10. The van der Waals surface area contributed by atoms with Crippen LogP contribution in [0.1, 0.15) is 0 Å². The molecule has 5 heterocycles. The Hall–Kier alpha value is -7.07. The summed E-state index contributed by atoms with van der Waals surface area (Å²) in [7, 11) is -3.10. The second-order valence-electron chi connectivity index (χ2n) is 15.0. The summed E-state index contributed by atoms with van der Waals surface area (Å²) < 4.78 is 6.75. The van der Waals surface area contributed by atoms with Crippen LogP contribution in [-0.4, -0.2) is 34.7 Å². The van der Waals surface area contributed by atoms with Gasteiger partial charge in [-0.15, -0.1) is 0 Å². The standard InChI is InChI=1S/C50H32BN5OSSi/c1-3-11-35(12-4-1)59(36-13-5-2-6-14-36)47-29-33(39-25-27-52-31-54-39)19-21-41(47)56(42-22-20-34(30-48(42)59)40-26-28-53-32-55-40)43-23-24-45-49-50(43)58-46-18-10-8-16-38(46)51(49)37-15-7-9-17-44(37)57-45/h1-32H. The molecule has 276 valence electrons. The molecule has 7 aromatic carbocycles. The second kappa shape index (κ2) is 13.5. The molecule has 0 atom stereocenters. The molecule has 12 rings (SSSR count). The molecule has 0 saturated carbocycles. The van der Waals surface area contributed by atoms with E-state index in [0.29, 0.717) is 0 Å². The average molecular weight is 790 g/mol. The number of rotatable bonds is 5. The number of para-hydroxylation sites is 1. The SMILES string of the molecule is c1ccc([Si]2(c3ccccc3)c3cc(-c4ccncn4)ccc3N(c3ccc4c5c3Sc3ccccc3B5c3ccccc3O4)c3ccc(-c4ccncn4)cc32)cc1. The molecule has 6 nitrogen and oxygen atoms in total. The van der Waals surface area contributed by atoms with E-state index in [9.17, 15) is 0 Å². The van der Waals surface area contributed by atoms with Crippen LogP contribution in [0, 0.1) is 0 Å². The molecule has 0 radical (unpaired) electrons. The summed E-state index contributed by atoms with van der Waals surface area (Å²) in [6, 6.07) is 62.0. The summed E-state index contributed by atoms with van der Waals surface area (Å²) in [6.45, 7) is 0.0356. The van der Waals surface area contributed by atoms with Crippen LogP contribution in [0.2, 0.25) is 0 Å². The molecule has 0 amide bonds. The van der Waals surface area contributed by atoms with E-state index >= 15 is 0 Å². The van der Waals surface area contributed by atoms with E-state index in [1.54, 1.807) is 12.7 Å². The van der Waals surface area contributed by atoms with E-state index in [4.69, 9.17) is 14.7 Å². The molecule has 0 bridgehead atoms. The maximum atomic E-state index is 6.75. The van der Waals surface area contributed by atoms with Gasteiger partial charge in [0, 0.05) is 44.7 Å². The monoisotopic (exact) mass is 789 g/mol. The van der Waals surface area contributed by atoms with Crippen LogP contribution >= 0.6 is 11.8 Å². The highest BCUT2D eigenvalue weighted by Gasteiger charge is 2.50. The van der Waals surface area contributed by atoms with Gasteiger partial charge in [-0.3, -0.25) is 0 Å². The molecule has 9 heteroatoms. The van der Waals surface area contributed by atoms with Crippen molar-refractivity contribution in [2.45, 2.75) is 9.79 Å². The van der Waals surface area contributed by atoms with Crippen LogP contribution < -0.4 is 46.8 Å². The lowest BCUT2D eigenvalue weighted by Gasteiger charge is -2.46. The number of aromatic nitrogens is 4. The van der Waals surface area contributed by atoms with Crippen molar-refractivity contribution in [1.82, 2.24) is 19.9 Å². The molecule has 3 aliphatic heterocycles. The number of benzene rings is 7. The van der Waals surface area contributed by atoms with Gasteiger partial charge < -0.3 is 9.64 Å². The molecule has 0 aliphatic carbocycles. The van der Waals surface area contributed by atoms with Gasteiger partial charge in [0.1, 0.15) is 24.2 Å². The van der Waals surface area contributed by atoms with Crippen molar-refractivity contribution in [3.8, 4) is 34.0 Å². The van der Waals surface area contributed by atoms with Crippen molar-refractivity contribution in [2.24, 2.45) is 0 Å². The number of fused-ring (bicyclic) bond motifs is 6. The first kappa shape index (κ1) is 34.0. The van der Waals surface area contributed by atoms with Crippen molar-refractivity contribution >= 4 is 80.7 Å². The zero-order chi connectivity index (χ0) is 38.9. The molecule has 0 fully saturated rings. The largest absolute Gasteiger partial charge is 0.458 e. The van der Waals surface area contributed by atoms with Gasteiger partial charge in [-0.25, -0.2) is 19.9 Å². The Morgan fingerprint density at radius 1 is 0.508 bits per heavy atom. The lowest BCUT2D eigenvalue weighted by Crippen LogP contribution is -2.77. The Kier molecular flexibility index (Phi) is 7.79. The zero-order valence-corrected chi connectivity index (χ0v) is 33.4. The van der Waals surface area contributed by atoms with Crippen molar-refractivity contribution in [2.75, 3.05) is 4.90 Å². The smallest absolute Gasteiger partial charge is 0.253 e. The lowest BCUT2D eigenvalue weighted by atomic mass is 9.35. The van der Waals surface area contributed by atoms with E-state index in [0.717, 1.165) is 51.1 Å².